The molecular formula is C22H38O2. The Bertz CT molecular complexity index is 478. The molecule has 0 radical (unpaired) electrons. The van der Waals surface area contributed by atoms with E-state index in [4.69, 9.17) is 9.47 Å². The van der Waals surface area contributed by atoms with Gasteiger partial charge in [-0.3, -0.25) is 0 Å². The van der Waals surface area contributed by atoms with Crippen LogP contribution < -0.4 is 0 Å². The van der Waals surface area contributed by atoms with Crippen LogP contribution in [0.4, 0.5) is 0 Å². The molecule has 1 saturated carbocycles. The van der Waals surface area contributed by atoms with Crippen LogP contribution in [0, 0.1) is 22.7 Å². The molecule has 3 rings (SSSR count). The van der Waals surface area contributed by atoms with Crippen LogP contribution in [-0.2, 0) is 9.47 Å². The summed E-state index contributed by atoms with van der Waals surface area (Å²) in [5.41, 5.74) is 2.23. The lowest BCUT2D eigenvalue weighted by Gasteiger charge is -2.39. The lowest BCUT2D eigenvalue weighted by Crippen LogP contribution is -2.37. The van der Waals surface area contributed by atoms with E-state index in [1.165, 1.54) is 63.5 Å². The minimum atomic E-state index is -0.0240. The summed E-state index contributed by atoms with van der Waals surface area (Å²) in [5, 5.41) is 0. The predicted octanol–water partition coefficient (Wildman–Crippen LogP) is 6.46. The van der Waals surface area contributed by atoms with Gasteiger partial charge >= 0.3 is 0 Å². The van der Waals surface area contributed by atoms with Gasteiger partial charge in [-0.1, -0.05) is 66.7 Å². The third-order valence-electron chi connectivity index (χ3n) is 6.80. The minimum absolute atomic E-state index is 0.0240. The van der Waals surface area contributed by atoms with Crippen molar-refractivity contribution in [3.8, 4) is 0 Å². The average Bonchev–Trinajstić information content (AvgIpc) is 2.94. The van der Waals surface area contributed by atoms with Gasteiger partial charge in [0.1, 0.15) is 5.76 Å². The van der Waals surface area contributed by atoms with Gasteiger partial charge in [0, 0.05) is 11.3 Å². The van der Waals surface area contributed by atoms with Crippen molar-refractivity contribution < 1.29 is 9.47 Å². The lowest BCUT2D eigenvalue weighted by atomic mass is 9.78. The van der Waals surface area contributed by atoms with Crippen molar-refractivity contribution in [3.63, 3.8) is 0 Å². The van der Waals surface area contributed by atoms with Crippen molar-refractivity contribution in [2.24, 2.45) is 22.7 Å². The molecule has 1 fully saturated rings. The summed E-state index contributed by atoms with van der Waals surface area (Å²) in [6.07, 6.45) is 11.8. The summed E-state index contributed by atoms with van der Waals surface area (Å²) < 4.78 is 12.7. The summed E-state index contributed by atoms with van der Waals surface area (Å²) in [4.78, 5) is 0. The van der Waals surface area contributed by atoms with Gasteiger partial charge in [0.05, 0.1) is 6.61 Å². The van der Waals surface area contributed by atoms with Gasteiger partial charge in [-0.15, -0.1) is 0 Å². The van der Waals surface area contributed by atoms with E-state index < -0.39 is 0 Å². The second-order valence-corrected chi connectivity index (χ2v) is 9.49. The normalized spacial score (nSPS) is 36.8. The van der Waals surface area contributed by atoms with E-state index in [1.54, 1.807) is 5.57 Å². The topological polar surface area (TPSA) is 18.5 Å². The van der Waals surface area contributed by atoms with Crippen LogP contribution in [0.25, 0.3) is 0 Å². The first-order valence-electron chi connectivity index (χ1n) is 10.4. The molecule has 1 aliphatic heterocycles. The van der Waals surface area contributed by atoms with Gasteiger partial charge in [-0.25, -0.2) is 0 Å². The van der Waals surface area contributed by atoms with E-state index >= 15 is 0 Å². The molecule has 3 aliphatic rings. The number of rotatable bonds is 8. The van der Waals surface area contributed by atoms with Crippen molar-refractivity contribution in [2.45, 2.75) is 98.7 Å². The molecule has 0 amide bonds. The number of hydrogen-bond donors (Lipinski definition) is 0. The SMILES string of the molecule is CCCCCCCCOC1OC2=C3[C@@H](CC[C@@]3(C)CC2(C)C)C1C. The van der Waals surface area contributed by atoms with Gasteiger partial charge in [0.2, 0.25) is 6.29 Å². The Hall–Kier alpha value is -0.500. The summed E-state index contributed by atoms with van der Waals surface area (Å²) in [6, 6.07) is 0. The fourth-order valence-corrected chi connectivity index (χ4v) is 5.68. The number of unbranched alkanes of at least 4 members (excludes halogenated alkanes) is 5. The van der Waals surface area contributed by atoms with E-state index in [-0.39, 0.29) is 11.7 Å². The van der Waals surface area contributed by atoms with Crippen molar-refractivity contribution >= 4 is 0 Å². The third-order valence-corrected chi connectivity index (χ3v) is 6.80. The molecule has 0 N–H and O–H groups in total. The molecule has 2 aliphatic carbocycles. The maximum absolute atomic E-state index is 6.49. The molecular weight excluding hydrogens is 296 g/mol. The molecule has 2 nitrogen and oxygen atoms in total. The minimum Gasteiger partial charge on any atom is -0.468 e. The Morgan fingerprint density at radius 2 is 1.79 bits per heavy atom. The van der Waals surface area contributed by atoms with Crippen LogP contribution in [0.3, 0.4) is 0 Å². The summed E-state index contributed by atoms with van der Waals surface area (Å²) >= 11 is 0. The third kappa shape index (κ3) is 3.28. The van der Waals surface area contributed by atoms with Gasteiger partial charge < -0.3 is 9.47 Å². The average molecular weight is 335 g/mol. The molecule has 0 aromatic carbocycles. The molecule has 24 heavy (non-hydrogen) atoms. The van der Waals surface area contributed by atoms with E-state index in [1.807, 2.05) is 0 Å². The second kappa shape index (κ2) is 7.02. The fraction of sp³-hybridized carbons (Fsp3) is 0.909. The van der Waals surface area contributed by atoms with E-state index in [2.05, 4.69) is 34.6 Å². The zero-order valence-electron chi connectivity index (χ0n) is 16.6. The van der Waals surface area contributed by atoms with Crippen LogP contribution in [-0.4, -0.2) is 12.9 Å². The Labute approximate surface area is 149 Å². The largest absolute Gasteiger partial charge is 0.468 e. The second-order valence-electron chi connectivity index (χ2n) is 9.49. The van der Waals surface area contributed by atoms with Crippen LogP contribution in [0.15, 0.2) is 11.3 Å². The van der Waals surface area contributed by atoms with E-state index in [0.29, 0.717) is 17.3 Å². The molecule has 0 aromatic heterocycles. The zero-order valence-corrected chi connectivity index (χ0v) is 16.6. The Balaban J connectivity index is 1.56. The van der Waals surface area contributed by atoms with Crippen molar-refractivity contribution in [3.05, 3.63) is 11.3 Å². The number of ether oxygens (including phenoxy) is 2. The van der Waals surface area contributed by atoms with Crippen LogP contribution in [0.1, 0.15) is 92.4 Å². The molecule has 0 bridgehead atoms. The molecule has 0 saturated heterocycles. The lowest BCUT2D eigenvalue weighted by molar-refractivity contribution is -0.172. The summed E-state index contributed by atoms with van der Waals surface area (Å²) in [7, 11) is 0. The highest BCUT2D eigenvalue weighted by Crippen LogP contribution is 2.65. The highest BCUT2D eigenvalue weighted by atomic mass is 16.7. The van der Waals surface area contributed by atoms with Crippen molar-refractivity contribution in [2.75, 3.05) is 6.61 Å². The smallest absolute Gasteiger partial charge is 0.202 e. The van der Waals surface area contributed by atoms with Crippen LogP contribution in [0.2, 0.25) is 0 Å². The zero-order chi connectivity index (χ0) is 17.4. The highest BCUT2D eigenvalue weighted by molar-refractivity contribution is 5.37. The quantitative estimate of drug-likeness (QED) is 0.474. The molecule has 1 heterocycles. The monoisotopic (exact) mass is 334 g/mol. The number of allylic oxidation sites excluding steroid dienone is 2. The molecule has 138 valence electrons. The first kappa shape index (κ1) is 18.3. The van der Waals surface area contributed by atoms with E-state index in [0.717, 1.165) is 6.61 Å². The van der Waals surface area contributed by atoms with Crippen molar-refractivity contribution in [1.82, 2.24) is 0 Å². The molecule has 0 aromatic rings. The predicted molar refractivity (Wildman–Crippen MR) is 99.6 cm³/mol. The molecule has 2 unspecified atom stereocenters. The molecule has 4 atom stereocenters. The van der Waals surface area contributed by atoms with Crippen LogP contribution >= 0.6 is 0 Å². The van der Waals surface area contributed by atoms with Crippen LogP contribution in [0.5, 0.6) is 0 Å². The fourth-order valence-electron chi connectivity index (χ4n) is 5.68. The molecule has 2 heteroatoms. The Morgan fingerprint density at radius 3 is 2.54 bits per heavy atom. The standard InChI is InChI=1S/C22H38O2/c1-6-7-8-9-10-11-14-23-20-16(2)17-12-13-22(5)15-21(3,4)19(24-20)18(17)22/h16-17,20H,6-15H2,1-5H3/t16?,17-,20?,22-/m0/s1. The summed E-state index contributed by atoms with van der Waals surface area (Å²) in [5.74, 6) is 2.48. The highest BCUT2D eigenvalue weighted by Gasteiger charge is 2.58. The Kier molecular flexibility index (Phi) is 5.35. The van der Waals surface area contributed by atoms with Gasteiger partial charge in [-0.2, -0.15) is 0 Å². The first-order valence-corrected chi connectivity index (χ1v) is 10.4. The van der Waals surface area contributed by atoms with Gasteiger partial charge in [0.25, 0.3) is 0 Å². The van der Waals surface area contributed by atoms with Crippen molar-refractivity contribution in [1.29, 1.82) is 0 Å². The summed E-state index contributed by atoms with van der Waals surface area (Å²) in [6.45, 7) is 12.6. The molecule has 0 spiro atoms. The maximum atomic E-state index is 6.49. The Morgan fingerprint density at radius 1 is 1.08 bits per heavy atom. The number of hydrogen-bond acceptors (Lipinski definition) is 2. The van der Waals surface area contributed by atoms with Gasteiger partial charge in [-0.05, 0) is 42.6 Å². The van der Waals surface area contributed by atoms with Gasteiger partial charge in [0.15, 0.2) is 0 Å². The first-order chi connectivity index (χ1) is 11.4. The maximum Gasteiger partial charge on any atom is 0.202 e. The van der Waals surface area contributed by atoms with E-state index in [9.17, 15) is 0 Å².